The van der Waals surface area contributed by atoms with E-state index in [0.29, 0.717) is 5.88 Å². The van der Waals surface area contributed by atoms with Crippen LogP contribution in [0.4, 0.5) is 0 Å². The topological polar surface area (TPSA) is 9.23 Å². The monoisotopic (exact) mass is 266 g/mol. The summed E-state index contributed by atoms with van der Waals surface area (Å²) >= 11 is 7.42. The molecule has 0 saturated carbocycles. The summed E-state index contributed by atoms with van der Waals surface area (Å²) in [6.07, 6.45) is 0. The Bertz CT molecular complexity index is 472. The molecule has 0 unspecified atom stereocenters. The molecule has 1 nitrogen and oxygen atoms in total. The Balaban J connectivity index is 1.90. The van der Waals surface area contributed by atoms with E-state index in [-0.39, 0.29) is 0 Å². The minimum atomic E-state index is 0.709. The molecule has 2 aromatic rings. The predicted octanol–water partition coefficient (Wildman–Crippen LogP) is 4.19. The van der Waals surface area contributed by atoms with E-state index < -0.39 is 0 Å². The molecular formula is C14H15ClOS. The van der Waals surface area contributed by atoms with E-state index in [2.05, 4.69) is 24.3 Å². The lowest BCUT2D eigenvalue weighted by molar-refractivity contribution is 0.344. The van der Waals surface area contributed by atoms with Crippen molar-refractivity contribution in [2.75, 3.05) is 24.0 Å². The molecule has 0 aliphatic rings. The minimum Gasteiger partial charge on any atom is -0.493 e. The molecule has 2 rings (SSSR count). The number of ether oxygens (including phenoxy) is 1. The predicted molar refractivity (Wildman–Crippen MR) is 77.5 cm³/mol. The number of fused-ring (bicyclic) bond motifs is 1. The highest BCUT2D eigenvalue weighted by atomic mass is 35.5. The van der Waals surface area contributed by atoms with Gasteiger partial charge in [0.15, 0.2) is 0 Å². The summed E-state index contributed by atoms with van der Waals surface area (Å²) in [7, 11) is 0. The van der Waals surface area contributed by atoms with Crippen molar-refractivity contribution in [1.82, 2.24) is 0 Å². The van der Waals surface area contributed by atoms with Crippen LogP contribution in [0.2, 0.25) is 0 Å². The summed E-state index contributed by atoms with van der Waals surface area (Å²) in [5.41, 5.74) is 0. The van der Waals surface area contributed by atoms with E-state index in [4.69, 9.17) is 16.3 Å². The van der Waals surface area contributed by atoms with Gasteiger partial charge in [-0.15, -0.1) is 11.6 Å². The molecule has 17 heavy (non-hydrogen) atoms. The lowest BCUT2D eigenvalue weighted by atomic mass is 10.1. The quantitative estimate of drug-likeness (QED) is 0.573. The van der Waals surface area contributed by atoms with Crippen LogP contribution >= 0.6 is 23.4 Å². The van der Waals surface area contributed by atoms with Crippen LogP contribution < -0.4 is 4.74 Å². The number of rotatable bonds is 6. The van der Waals surface area contributed by atoms with Crippen molar-refractivity contribution in [2.24, 2.45) is 0 Å². The Kier molecular flexibility index (Phi) is 5.02. The van der Waals surface area contributed by atoms with Gasteiger partial charge in [0.05, 0.1) is 6.61 Å². The molecule has 0 radical (unpaired) electrons. The molecule has 0 aliphatic carbocycles. The van der Waals surface area contributed by atoms with Crippen LogP contribution in [0.5, 0.6) is 5.75 Å². The molecule has 0 aromatic heterocycles. The van der Waals surface area contributed by atoms with E-state index in [9.17, 15) is 0 Å². The first-order valence-corrected chi connectivity index (χ1v) is 7.34. The second-order valence-electron chi connectivity index (χ2n) is 3.66. The maximum Gasteiger partial charge on any atom is 0.119 e. The largest absolute Gasteiger partial charge is 0.493 e. The van der Waals surface area contributed by atoms with Gasteiger partial charge in [0.1, 0.15) is 5.75 Å². The average molecular weight is 267 g/mol. The lowest BCUT2D eigenvalue weighted by Crippen LogP contribution is -2.00. The highest BCUT2D eigenvalue weighted by molar-refractivity contribution is 7.99. The van der Waals surface area contributed by atoms with E-state index in [1.165, 1.54) is 10.8 Å². The second kappa shape index (κ2) is 6.77. The molecule has 0 bridgehead atoms. The highest BCUT2D eigenvalue weighted by Gasteiger charge is 1.96. The minimum absolute atomic E-state index is 0.709. The third-order valence-electron chi connectivity index (χ3n) is 2.44. The lowest BCUT2D eigenvalue weighted by Gasteiger charge is -2.06. The average Bonchev–Trinajstić information content (AvgIpc) is 2.38. The zero-order valence-electron chi connectivity index (χ0n) is 9.56. The smallest absolute Gasteiger partial charge is 0.119 e. The SMILES string of the molecule is ClCCSCCOc1ccc2ccccc2c1. The van der Waals surface area contributed by atoms with Gasteiger partial charge in [0.25, 0.3) is 0 Å². The van der Waals surface area contributed by atoms with Gasteiger partial charge >= 0.3 is 0 Å². The maximum absolute atomic E-state index is 5.70. The molecule has 0 fully saturated rings. The van der Waals surface area contributed by atoms with Crippen LogP contribution in [0, 0.1) is 0 Å². The number of hydrogen-bond acceptors (Lipinski definition) is 2. The normalized spacial score (nSPS) is 10.6. The van der Waals surface area contributed by atoms with Gasteiger partial charge in [-0.1, -0.05) is 30.3 Å². The molecule has 0 aliphatic heterocycles. The summed E-state index contributed by atoms with van der Waals surface area (Å²) in [6, 6.07) is 14.5. The van der Waals surface area contributed by atoms with Gasteiger partial charge in [-0.3, -0.25) is 0 Å². The molecule has 90 valence electrons. The zero-order valence-corrected chi connectivity index (χ0v) is 11.1. The van der Waals surface area contributed by atoms with Crippen molar-refractivity contribution in [3.05, 3.63) is 42.5 Å². The Morgan fingerprint density at radius 2 is 1.82 bits per heavy atom. The first-order valence-electron chi connectivity index (χ1n) is 5.65. The van der Waals surface area contributed by atoms with Gasteiger partial charge in [0, 0.05) is 17.4 Å². The summed E-state index contributed by atoms with van der Waals surface area (Å²) in [5.74, 6) is 3.62. The third-order valence-corrected chi connectivity index (χ3v) is 3.80. The Morgan fingerprint density at radius 1 is 1.00 bits per heavy atom. The zero-order chi connectivity index (χ0) is 11.9. The van der Waals surface area contributed by atoms with Crippen LogP contribution in [0.1, 0.15) is 0 Å². The number of thioether (sulfide) groups is 1. The molecule has 0 spiro atoms. The number of benzene rings is 2. The molecule has 3 heteroatoms. The van der Waals surface area contributed by atoms with Gasteiger partial charge in [-0.2, -0.15) is 11.8 Å². The van der Waals surface area contributed by atoms with E-state index >= 15 is 0 Å². The maximum atomic E-state index is 5.70. The summed E-state index contributed by atoms with van der Waals surface area (Å²) in [4.78, 5) is 0. The van der Waals surface area contributed by atoms with E-state index in [1.54, 1.807) is 0 Å². The van der Waals surface area contributed by atoms with Crippen LogP contribution in [0.25, 0.3) is 10.8 Å². The molecule has 0 heterocycles. The van der Waals surface area contributed by atoms with Crippen LogP contribution in [0.15, 0.2) is 42.5 Å². The van der Waals surface area contributed by atoms with Crippen molar-refractivity contribution < 1.29 is 4.74 Å². The Hall–Kier alpha value is -0.860. The fraction of sp³-hybridized carbons (Fsp3) is 0.286. The molecule has 0 saturated heterocycles. The van der Waals surface area contributed by atoms with Crippen molar-refractivity contribution in [2.45, 2.75) is 0 Å². The molecule has 2 aromatic carbocycles. The molecule has 0 N–H and O–H groups in total. The highest BCUT2D eigenvalue weighted by Crippen LogP contribution is 2.20. The Labute approximate surface area is 111 Å². The fourth-order valence-electron chi connectivity index (χ4n) is 1.63. The van der Waals surface area contributed by atoms with Crippen LogP contribution in [-0.4, -0.2) is 24.0 Å². The van der Waals surface area contributed by atoms with Gasteiger partial charge in [-0.25, -0.2) is 0 Å². The van der Waals surface area contributed by atoms with E-state index in [1.807, 2.05) is 30.0 Å². The Morgan fingerprint density at radius 3 is 2.65 bits per heavy atom. The number of alkyl halides is 1. The van der Waals surface area contributed by atoms with Crippen LogP contribution in [0.3, 0.4) is 0 Å². The number of hydrogen-bond donors (Lipinski definition) is 0. The van der Waals surface area contributed by atoms with Crippen LogP contribution in [-0.2, 0) is 0 Å². The van der Waals surface area contributed by atoms with Gasteiger partial charge < -0.3 is 4.74 Å². The van der Waals surface area contributed by atoms with Crippen molar-refractivity contribution in [3.63, 3.8) is 0 Å². The first kappa shape index (κ1) is 12.6. The standard InChI is InChI=1S/C14H15ClOS/c15-7-9-17-10-8-16-14-6-5-12-3-1-2-4-13(12)11-14/h1-6,11H,7-10H2. The first-order chi connectivity index (χ1) is 8.40. The van der Waals surface area contributed by atoms with Crippen molar-refractivity contribution in [1.29, 1.82) is 0 Å². The van der Waals surface area contributed by atoms with Gasteiger partial charge in [0.2, 0.25) is 0 Å². The fourth-order valence-corrected chi connectivity index (χ4v) is 2.47. The van der Waals surface area contributed by atoms with E-state index in [0.717, 1.165) is 23.9 Å². The second-order valence-corrected chi connectivity index (χ2v) is 5.26. The summed E-state index contributed by atoms with van der Waals surface area (Å²) in [5, 5.41) is 2.47. The van der Waals surface area contributed by atoms with Crippen molar-refractivity contribution >= 4 is 34.1 Å². The van der Waals surface area contributed by atoms with Crippen molar-refractivity contribution in [3.8, 4) is 5.75 Å². The molecular weight excluding hydrogens is 252 g/mol. The van der Waals surface area contributed by atoms with Gasteiger partial charge in [-0.05, 0) is 22.9 Å². The number of halogens is 1. The molecule has 0 amide bonds. The summed E-state index contributed by atoms with van der Waals surface area (Å²) < 4.78 is 5.70. The molecule has 0 atom stereocenters. The third kappa shape index (κ3) is 3.83. The summed E-state index contributed by atoms with van der Waals surface area (Å²) in [6.45, 7) is 0.736.